The topological polar surface area (TPSA) is 92.8 Å². The van der Waals surface area contributed by atoms with E-state index in [1.54, 1.807) is 24.3 Å². The molecule has 2 rings (SSSR count). The van der Waals surface area contributed by atoms with Crippen LogP contribution in [0.1, 0.15) is 53.8 Å². The van der Waals surface area contributed by atoms with Crippen molar-refractivity contribution in [1.82, 2.24) is 10.2 Å². The largest absolute Gasteiger partial charge is 0.456 e. The van der Waals surface area contributed by atoms with Gasteiger partial charge in [0, 0.05) is 12.6 Å². The lowest BCUT2D eigenvalue weighted by atomic mass is 10.1. The minimum absolute atomic E-state index is 0.0227. The van der Waals surface area contributed by atoms with Gasteiger partial charge in [-0.25, -0.2) is 0 Å². The molecule has 0 bridgehead atoms. The molecule has 0 fully saturated rings. The minimum Gasteiger partial charge on any atom is -0.456 e. The molecule has 134 valence electrons. The Bertz CT molecular complexity index is 651. The highest BCUT2D eigenvalue weighted by atomic mass is 16.5. The van der Waals surface area contributed by atoms with E-state index in [4.69, 9.17) is 4.74 Å². The number of fused-ring (bicyclic) bond motifs is 1. The molecule has 1 atom stereocenters. The highest BCUT2D eigenvalue weighted by molar-refractivity contribution is 6.21. The monoisotopic (exact) mass is 346 g/mol. The number of hydrogen-bond donors (Lipinski definition) is 1. The highest BCUT2D eigenvalue weighted by Crippen LogP contribution is 2.22. The molecule has 0 saturated heterocycles. The molecule has 1 aromatic rings. The summed E-state index contributed by atoms with van der Waals surface area (Å²) in [5.74, 6) is -1.83. The predicted molar refractivity (Wildman–Crippen MR) is 89.9 cm³/mol. The van der Waals surface area contributed by atoms with Gasteiger partial charge in [-0.15, -0.1) is 0 Å². The van der Waals surface area contributed by atoms with Gasteiger partial charge in [0.15, 0.2) is 6.61 Å². The summed E-state index contributed by atoms with van der Waals surface area (Å²) in [7, 11) is 0. The number of esters is 1. The maximum Gasteiger partial charge on any atom is 0.308 e. The molecular weight excluding hydrogens is 324 g/mol. The van der Waals surface area contributed by atoms with Crippen LogP contribution in [0.4, 0.5) is 0 Å². The number of ether oxygens (including phenoxy) is 1. The van der Waals surface area contributed by atoms with Crippen molar-refractivity contribution in [3.8, 4) is 0 Å². The average molecular weight is 346 g/mol. The summed E-state index contributed by atoms with van der Waals surface area (Å²) >= 11 is 0. The molecule has 0 radical (unpaired) electrons. The van der Waals surface area contributed by atoms with E-state index in [0.717, 1.165) is 17.7 Å². The number of carbonyl (C=O) groups excluding carboxylic acids is 4. The summed E-state index contributed by atoms with van der Waals surface area (Å²) in [5.41, 5.74) is 0.676. The van der Waals surface area contributed by atoms with E-state index >= 15 is 0 Å². The number of imide groups is 1. The van der Waals surface area contributed by atoms with Crippen LogP contribution in [0.2, 0.25) is 0 Å². The lowest BCUT2D eigenvalue weighted by Crippen LogP contribution is -2.36. The molecule has 25 heavy (non-hydrogen) atoms. The Morgan fingerprint density at radius 2 is 1.76 bits per heavy atom. The zero-order valence-corrected chi connectivity index (χ0v) is 14.4. The molecule has 1 aliphatic heterocycles. The van der Waals surface area contributed by atoms with Gasteiger partial charge in [0.1, 0.15) is 0 Å². The number of nitrogens with one attached hydrogen (secondary N) is 1. The van der Waals surface area contributed by atoms with Crippen molar-refractivity contribution in [1.29, 1.82) is 0 Å². The van der Waals surface area contributed by atoms with Gasteiger partial charge >= 0.3 is 5.97 Å². The van der Waals surface area contributed by atoms with Crippen LogP contribution in [0.15, 0.2) is 24.3 Å². The van der Waals surface area contributed by atoms with Crippen LogP contribution < -0.4 is 5.32 Å². The number of nitrogens with zero attached hydrogens (tertiary/aromatic N) is 1. The minimum atomic E-state index is -0.630. The summed E-state index contributed by atoms with van der Waals surface area (Å²) in [6, 6.07) is 6.54. The predicted octanol–water partition coefficient (Wildman–Crippen LogP) is 1.52. The van der Waals surface area contributed by atoms with Crippen molar-refractivity contribution in [3.63, 3.8) is 0 Å². The van der Waals surface area contributed by atoms with E-state index in [-0.39, 0.29) is 31.5 Å². The number of amides is 3. The third kappa shape index (κ3) is 4.65. The van der Waals surface area contributed by atoms with E-state index in [1.807, 2.05) is 13.8 Å². The molecule has 0 aromatic heterocycles. The van der Waals surface area contributed by atoms with Gasteiger partial charge in [0.2, 0.25) is 0 Å². The van der Waals surface area contributed by atoms with E-state index in [0.29, 0.717) is 11.1 Å². The van der Waals surface area contributed by atoms with Gasteiger partial charge < -0.3 is 10.1 Å². The second-order valence-electron chi connectivity index (χ2n) is 5.98. The first-order valence-corrected chi connectivity index (χ1v) is 8.34. The van der Waals surface area contributed by atoms with Gasteiger partial charge in [-0.1, -0.05) is 25.5 Å². The quantitative estimate of drug-likeness (QED) is 0.569. The Balaban J connectivity index is 1.77. The third-order valence-corrected chi connectivity index (χ3v) is 3.91. The number of benzene rings is 1. The van der Waals surface area contributed by atoms with Crippen LogP contribution in [0.3, 0.4) is 0 Å². The van der Waals surface area contributed by atoms with Crippen molar-refractivity contribution in [2.45, 2.75) is 39.2 Å². The Morgan fingerprint density at radius 3 is 2.32 bits per heavy atom. The molecule has 7 heteroatoms. The summed E-state index contributed by atoms with van der Waals surface area (Å²) in [4.78, 5) is 48.7. The number of hydrogen-bond acceptors (Lipinski definition) is 5. The van der Waals surface area contributed by atoms with Crippen LogP contribution >= 0.6 is 0 Å². The Hall–Kier alpha value is -2.70. The summed E-state index contributed by atoms with van der Waals surface area (Å²) < 4.78 is 4.89. The van der Waals surface area contributed by atoms with E-state index in [1.165, 1.54) is 0 Å². The van der Waals surface area contributed by atoms with Gasteiger partial charge in [-0.2, -0.15) is 0 Å². The van der Waals surface area contributed by atoms with Crippen LogP contribution in [-0.2, 0) is 14.3 Å². The lowest BCUT2D eigenvalue weighted by Gasteiger charge is -2.14. The smallest absolute Gasteiger partial charge is 0.308 e. The second kappa shape index (κ2) is 8.41. The molecular formula is C18H22N2O5. The maximum absolute atomic E-state index is 12.2. The van der Waals surface area contributed by atoms with Crippen molar-refractivity contribution in [2.24, 2.45) is 0 Å². The Kier molecular flexibility index (Phi) is 6.27. The fourth-order valence-electron chi connectivity index (χ4n) is 2.69. The first-order valence-electron chi connectivity index (χ1n) is 8.34. The molecule has 1 heterocycles. The van der Waals surface area contributed by atoms with Gasteiger partial charge in [0.25, 0.3) is 17.7 Å². The van der Waals surface area contributed by atoms with Crippen molar-refractivity contribution >= 4 is 23.7 Å². The maximum atomic E-state index is 12.2. The average Bonchev–Trinajstić information content (AvgIpc) is 2.83. The van der Waals surface area contributed by atoms with Gasteiger partial charge in [0.05, 0.1) is 17.5 Å². The Morgan fingerprint density at radius 1 is 1.16 bits per heavy atom. The number of rotatable bonds is 8. The van der Waals surface area contributed by atoms with E-state index < -0.39 is 17.8 Å². The van der Waals surface area contributed by atoms with Crippen molar-refractivity contribution < 1.29 is 23.9 Å². The molecule has 3 amide bonds. The van der Waals surface area contributed by atoms with Crippen LogP contribution in [0.5, 0.6) is 0 Å². The van der Waals surface area contributed by atoms with Crippen LogP contribution in [-0.4, -0.2) is 47.8 Å². The first-order chi connectivity index (χ1) is 11.9. The molecule has 1 N–H and O–H groups in total. The lowest BCUT2D eigenvalue weighted by molar-refractivity contribution is -0.148. The van der Waals surface area contributed by atoms with E-state index in [2.05, 4.69) is 5.32 Å². The molecule has 0 saturated carbocycles. The van der Waals surface area contributed by atoms with Crippen molar-refractivity contribution in [3.05, 3.63) is 35.4 Å². The zero-order valence-electron chi connectivity index (χ0n) is 14.4. The molecule has 7 nitrogen and oxygen atoms in total. The summed E-state index contributed by atoms with van der Waals surface area (Å²) in [6.45, 7) is 3.46. The summed E-state index contributed by atoms with van der Waals surface area (Å²) in [5, 5.41) is 2.72. The molecule has 0 spiro atoms. The van der Waals surface area contributed by atoms with E-state index in [9.17, 15) is 19.2 Å². The van der Waals surface area contributed by atoms with Crippen LogP contribution in [0.25, 0.3) is 0 Å². The SMILES string of the molecule is CCCC(C)NC(=O)COC(=O)CCN1C(=O)c2ccccc2C1=O. The highest BCUT2D eigenvalue weighted by Gasteiger charge is 2.35. The summed E-state index contributed by atoms with van der Waals surface area (Å²) in [6.07, 6.45) is 1.64. The third-order valence-electron chi connectivity index (χ3n) is 3.91. The first kappa shape index (κ1) is 18.6. The number of carbonyl (C=O) groups is 4. The second-order valence-corrected chi connectivity index (χ2v) is 5.98. The normalized spacial score (nSPS) is 14.2. The zero-order chi connectivity index (χ0) is 18.4. The molecule has 1 aliphatic rings. The van der Waals surface area contributed by atoms with Gasteiger partial charge in [-0.05, 0) is 25.5 Å². The van der Waals surface area contributed by atoms with Crippen molar-refractivity contribution in [2.75, 3.05) is 13.2 Å². The van der Waals surface area contributed by atoms with Gasteiger partial charge in [-0.3, -0.25) is 24.1 Å². The molecule has 1 unspecified atom stereocenters. The molecule has 1 aromatic carbocycles. The fourth-order valence-corrected chi connectivity index (χ4v) is 2.69. The molecule has 0 aliphatic carbocycles. The fraction of sp³-hybridized carbons (Fsp3) is 0.444. The Labute approximate surface area is 146 Å². The standard InChI is InChI=1S/C18H22N2O5/c1-3-6-12(2)19-15(21)11-25-16(22)9-10-20-17(23)13-7-4-5-8-14(13)18(20)24/h4-5,7-8,12H,3,6,9-11H2,1-2H3,(H,19,21). The van der Waals surface area contributed by atoms with Crippen LogP contribution in [0, 0.1) is 0 Å².